The molecule has 48 valence electrons. The molecular weight excluding hydrogens is 116 g/mol. The third kappa shape index (κ3) is 1.86. The predicted octanol–water partition coefficient (Wildman–Crippen LogP) is 0.388. The van der Waals surface area contributed by atoms with Crippen molar-refractivity contribution in [2.75, 3.05) is 7.05 Å². The van der Waals surface area contributed by atoms with Crippen LogP contribution in [-0.2, 0) is 4.79 Å². The van der Waals surface area contributed by atoms with Crippen LogP contribution in [-0.4, -0.2) is 18.9 Å². The average molecular weight is 123 g/mol. The van der Waals surface area contributed by atoms with E-state index in [1.807, 2.05) is 5.32 Å². The number of alkyl halides is 2. The first kappa shape index (κ1) is 7.33. The molecule has 0 aromatic carbocycles. The van der Waals surface area contributed by atoms with Gasteiger partial charge in [0.05, 0.1) is 0 Å². The van der Waals surface area contributed by atoms with Crippen molar-refractivity contribution in [1.29, 1.82) is 0 Å². The number of hydrogen-bond acceptors (Lipinski definition) is 1. The summed E-state index contributed by atoms with van der Waals surface area (Å²) in [5.74, 6) is -4.49. The number of halogens is 2. The van der Waals surface area contributed by atoms with Gasteiger partial charge >= 0.3 is 5.92 Å². The Morgan fingerprint density at radius 2 is 2.00 bits per heavy atom. The third-order valence-corrected chi connectivity index (χ3v) is 0.626. The molecule has 0 atom stereocenters. The molecule has 0 heterocycles. The van der Waals surface area contributed by atoms with Gasteiger partial charge in [-0.05, 0) is 0 Å². The molecule has 0 aromatic heterocycles. The summed E-state index contributed by atoms with van der Waals surface area (Å²) in [4.78, 5) is 9.97. The van der Waals surface area contributed by atoms with Gasteiger partial charge in [0.1, 0.15) is 0 Å². The smallest absolute Gasteiger partial charge is 0.321 e. The molecule has 8 heavy (non-hydrogen) atoms. The van der Waals surface area contributed by atoms with Crippen LogP contribution in [0.3, 0.4) is 0 Å². The molecule has 0 rings (SSSR count). The van der Waals surface area contributed by atoms with E-state index in [4.69, 9.17) is 0 Å². The highest BCUT2D eigenvalue weighted by molar-refractivity contribution is 5.82. The highest BCUT2D eigenvalue weighted by atomic mass is 19.3. The average Bonchev–Trinajstić information content (AvgIpc) is 1.62. The van der Waals surface area contributed by atoms with E-state index < -0.39 is 11.8 Å². The van der Waals surface area contributed by atoms with Crippen LogP contribution in [0, 0.1) is 0 Å². The normalized spacial score (nSPS) is 11.0. The van der Waals surface area contributed by atoms with Gasteiger partial charge < -0.3 is 5.32 Å². The van der Waals surface area contributed by atoms with Gasteiger partial charge in [0, 0.05) is 14.0 Å². The van der Waals surface area contributed by atoms with Crippen LogP contribution in [0.1, 0.15) is 6.92 Å². The Hall–Kier alpha value is -0.670. The fourth-order valence-electron chi connectivity index (χ4n) is 0.219. The second kappa shape index (κ2) is 2.07. The van der Waals surface area contributed by atoms with Crippen molar-refractivity contribution in [3.05, 3.63) is 0 Å². The number of amides is 1. The quantitative estimate of drug-likeness (QED) is 0.536. The van der Waals surface area contributed by atoms with E-state index in [2.05, 4.69) is 0 Å². The first-order chi connectivity index (χ1) is 3.48. The molecule has 0 bridgehead atoms. The molecule has 1 N–H and O–H groups in total. The van der Waals surface area contributed by atoms with Crippen LogP contribution < -0.4 is 5.32 Å². The summed E-state index contributed by atoms with van der Waals surface area (Å²) < 4.78 is 23.4. The summed E-state index contributed by atoms with van der Waals surface area (Å²) in [5, 5.41) is 1.82. The Kier molecular flexibility index (Phi) is 1.89. The zero-order valence-electron chi connectivity index (χ0n) is 4.66. The lowest BCUT2D eigenvalue weighted by Crippen LogP contribution is -2.34. The lowest BCUT2D eigenvalue weighted by Gasteiger charge is -2.05. The molecule has 0 aromatic rings. The zero-order chi connectivity index (χ0) is 6.78. The van der Waals surface area contributed by atoms with Crippen LogP contribution in [0.5, 0.6) is 0 Å². The van der Waals surface area contributed by atoms with Crippen LogP contribution >= 0.6 is 0 Å². The van der Waals surface area contributed by atoms with Crippen molar-refractivity contribution < 1.29 is 13.6 Å². The Labute approximate surface area is 45.9 Å². The molecule has 0 spiro atoms. The largest absolute Gasteiger partial charge is 0.354 e. The number of nitrogens with one attached hydrogen (secondary N) is 1. The number of carbonyl (C=O) groups is 1. The summed E-state index contributed by atoms with van der Waals surface area (Å²) in [6.45, 7) is 0.547. The maximum absolute atomic E-state index is 11.7. The Morgan fingerprint density at radius 1 is 1.62 bits per heavy atom. The van der Waals surface area contributed by atoms with E-state index in [9.17, 15) is 13.6 Å². The maximum Gasteiger partial charge on any atom is 0.321 e. The molecular formula is C4H7F2NO. The number of rotatable bonds is 1. The molecule has 4 heteroatoms. The summed E-state index contributed by atoms with van der Waals surface area (Å²) >= 11 is 0. The zero-order valence-corrected chi connectivity index (χ0v) is 4.66. The SMILES string of the molecule is CNC(=O)C(C)(F)F. The molecule has 1 amide bonds. The lowest BCUT2D eigenvalue weighted by atomic mass is 10.4. The molecule has 0 aliphatic carbocycles. The molecule has 0 saturated heterocycles. The fraction of sp³-hybridized carbons (Fsp3) is 0.750. The van der Waals surface area contributed by atoms with Crippen molar-refractivity contribution in [1.82, 2.24) is 5.32 Å². The Bertz CT molecular complexity index is 96.7. The van der Waals surface area contributed by atoms with Crippen molar-refractivity contribution in [3.8, 4) is 0 Å². The van der Waals surface area contributed by atoms with E-state index in [0.717, 1.165) is 0 Å². The molecule has 0 saturated carbocycles. The van der Waals surface area contributed by atoms with Crippen molar-refractivity contribution in [2.45, 2.75) is 12.8 Å². The van der Waals surface area contributed by atoms with E-state index in [0.29, 0.717) is 6.92 Å². The summed E-state index contributed by atoms with van der Waals surface area (Å²) in [6, 6.07) is 0. The van der Waals surface area contributed by atoms with Gasteiger partial charge in [-0.15, -0.1) is 0 Å². The van der Waals surface area contributed by atoms with Crippen LogP contribution in [0.2, 0.25) is 0 Å². The minimum atomic E-state index is -3.24. The minimum absolute atomic E-state index is 0.547. The van der Waals surface area contributed by atoms with E-state index >= 15 is 0 Å². The standard InChI is InChI=1S/C4H7F2NO/c1-4(5,6)3(8)7-2/h1-2H3,(H,7,8). The summed E-state index contributed by atoms with van der Waals surface area (Å²) in [7, 11) is 1.17. The summed E-state index contributed by atoms with van der Waals surface area (Å²) in [6.07, 6.45) is 0. The van der Waals surface area contributed by atoms with Crippen LogP contribution in [0.15, 0.2) is 0 Å². The van der Waals surface area contributed by atoms with E-state index in [1.165, 1.54) is 7.05 Å². The van der Waals surface area contributed by atoms with Gasteiger partial charge in [-0.2, -0.15) is 8.78 Å². The van der Waals surface area contributed by atoms with Gasteiger partial charge in [0.25, 0.3) is 5.91 Å². The molecule has 0 radical (unpaired) electrons. The highest BCUT2D eigenvalue weighted by Crippen LogP contribution is 2.09. The second-order valence-corrected chi connectivity index (χ2v) is 1.47. The Balaban J connectivity index is 3.82. The molecule has 0 aliphatic heterocycles. The van der Waals surface area contributed by atoms with Crippen molar-refractivity contribution >= 4 is 5.91 Å². The molecule has 0 unspecified atom stereocenters. The first-order valence-electron chi connectivity index (χ1n) is 2.08. The predicted molar refractivity (Wildman–Crippen MR) is 24.7 cm³/mol. The fourth-order valence-corrected chi connectivity index (χ4v) is 0.219. The minimum Gasteiger partial charge on any atom is -0.354 e. The third-order valence-electron chi connectivity index (χ3n) is 0.626. The Morgan fingerprint density at radius 3 is 2.00 bits per heavy atom. The topological polar surface area (TPSA) is 29.1 Å². The lowest BCUT2D eigenvalue weighted by molar-refractivity contribution is -0.142. The number of carbonyl (C=O) groups excluding carboxylic acids is 1. The van der Waals surface area contributed by atoms with E-state index in [-0.39, 0.29) is 0 Å². The molecule has 2 nitrogen and oxygen atoms in total. The van der Waals surface area contributed by atoms with Crippen LogP contribution in [0.25, 0.3) is 0 Å². The second-order valence-electron chi connectivity index (χ2n) is 1.47. The summed E-state index contributed by atoms with van der Waals surface area (Å²) in [5.41, 5.74) is 0. The molecule has 0 fully saturated rings. The van der Waals surface area contributed by atoms with Crippen molar-refractivity contribution in [3.63, 3.8) is 0 Å². The number of hydrogen-bond donors (Lipinski definition) is 1. The van der Waals surface area contributed by atoms with Gasteiger partial charge in [-0.25, -0.2) is 0 Å². The maximum atomic E-state index is 11.7. The van der Waals surface area contributed by atoms with Gasteiger partial charge in [-0.1, -0.05) is 0 Å². The molecule has 0 aliphatic rings. The van der Waals surface area contributed by atoms with Crippen LogP contribution in [0.4, 0.5) is 8.78 Å². The van der Waals surface area contributed by atoms with Gasteiger partial charge in [-0.3, -0.25) is 4.79 Å². The monoisotopic (exact) mass is 123 g/mol. The first-order valence-corrected chi connectivity index (χ1v) is 2.08. The van der Waals surface area contributed by atoms with E-state index in [1.54, 1.807) is 0 Å². The van der Waals surface area contributed by atoms with Gasteiger partial charge in [0.15, 0.2) is 0 Å². The van der Waals surface area contributed by atoms with Gasteiger partial charge in [0.2, 0.25) is 0 Å². The highest BCUT2D eigenvalue weighted by Gasteiger charge is 2.30. The van der Waals surface area contributed by atoms with Crippen molar-refractivity contribution in [2.24, 2.45) is 0 Å².